The van der Waals surface area contributed by atoms with Crippen LogP contribution >= 0.6 is 0 Å². The SMILES string of the molecule is N#C[C@H]1CCC[C@H](C#N)N1Cc1ccccc1. The lowest BCUT2D eigenvalue weighted by molar-refractivity contribution is 0.136. The topological polar surface area (TPSA) is 50.8 Å². The lowest BCUT2D eigenvalue weighted by Gasteiger charge is -2.35. The number of piperidine rings is 1. The van der Waals surface area contributed by atoms with E-state index in [-0.39, 0.29) is 12.1 Å². The van der Waals surface area contributed by atoms with E-state index in [9.17, 15) is 0 Å². The molecule has 0 N–H and O–H groups in total. The normalized spacial score (nSPS) is 24.8. The van der Waals surface area contributed by atoms with Gasteiger partial charge in [-0.1, -0.05) is 30.3 Å². The van der Waals surface area contributed by atoms with Crippen LogP contribution in [0.15, 0.2) is 30.3 Å². The molecule has 0 aromatic heterocycles. The van der Waals surface area contributed by atoms with E-state index >= 15 is 0 Å². The number of benzene rings is 1. The Kier molecular flexibility index (Phi) is 3.75. The van der Waals surface area contributed by atoms with Crippen LogP contribution in [-0.4, -0.2) is 17.0 Å². The van der Waals surface area contributed by atoms with Gasteiger partial charge in [-0.05, 0) is 24.8 Å². The second kappa shape index (κ2) is 5.48. The van der Waals surface area contributed by atoms with E-state index in [4.69, 9.17) is 10.5 Å². The summed E-state index contributed by atoms with van der Waals surface area (Å²) in [6.07, 6.45) is 2.73. The molecule has 1 aliphatic rings. The van der Waals surface area contributed by atoms with E-state index in [1.54, 1.807) is 0 Å². The summed E-state index contributed by atoms with van der Waals surface area (Å²) in [5, 5.41) is 18.3. The Morgan fingerprint density at radius 1 is 1.06 bits per heavy atom. The molecule has 3 heteroatoms. The number of rotatable bonds is 2. The molecule has 1 heterocycles. The van der Waals surface area contributed by atoms with Crippen molar-refractivity contribution in [2.45, 2.75) is 37.9 Å². The highest BCUT2D eigenvalue weighted by Gasteiger charge is 2.30. The van der Waals surface area contributed by atoms with Gasteiger partial charge in [0.25, 0.3) is 0 Å². The third-order valence-electron chi connectivity index (χ3n) is 3.26. The van der Waals surface area contributed by atoms with E-state index in [0.717, 1.165) is 24.8 Å². The fourth-order valence-corrected chi connectivity index (χ4v) is 2.35. The van der Waals surface area contributed by atoms with Gasteiger partial charge in [-0.3, -0.25) is 4.90 Å². The average Bonchev–Trinajstić information content (AvgIpc) is 2.40. The standard InChI is InChI=1S/C14H15N3/c15-9-13-7-4-8-14(10-16)17(13)11-12-5-2-1-3-6-12/h1-3,5-6,13-14H,4,7-8,11H2/t13-,14-/m1/s1. The number of nitrogens with zero attached hydrogens (tertiary/aromatic N) is 3. The monoisotopic (exact) mass is 225 g/mol. The van der Waals surface area contributed by atoms with Crippen LogP contribution in [0.1, 0.15) is 24.8 Å². The summed E-state index contributed by atoms with van der Waals surface area (Å²) in [5.41, 5.74) is 1.16. The third-order valence-corrected chi connectivity index (χ3v) is 3.26. The maximum Gasteiger partial charge on any atom is 0.0991 e. The molecule has 0 bridgehead atoms. The van der Waals surface area contributed by atoms with Crippen molar-refractivity contribution in [3.8, 4) is 12.1 Å². The first kappa shape index (κ1) is 11.6. The zero-order valence-electron chi connectivity index (χ0n) is 9.71. The molecule has 0 amide bonds. The first-order chi connectivity index (χ1) is 8.35. The van der Waals surface area contributed by atoms with Crippen molar-refractivity contribution in [1.82, 2.24) is 4.90 Å². The quantitative estimate of drug-likeness (QED) is 0.776. The van der Waals surface area contributed by atoms with Gasteiger partial charge in [-0.25, -0.2) is 0 Å². The fourth-order valence-electron chi connectivity index (χ4n) is 2.35. The highest BCUT2D eigenvalue weighted by Crippen LogP contribution is 2.24. The molecule has 1 aromatic carbocycles. The van der Waals surface area contributed by atoms with Gasteiger partial charge in [0.15, 0.2) is 0 Å². The second-order valence-corrected chi connectivity index (χ2v) is 4.38. The van der Waals surface area contributed by atoms with Gasteiger partial charge in [0.05, 0.1) is 24.2 Å². The summed E-state index contributed by atoms with van der Waals surface area (Å²) in [7, 11) is 0. The van der Waals surface area contributed by atoms with Gasteiger partial charge < -0.3 is 0 Å². The summed E-state index contributed by atoms with van der Waals surface area (Å²) in [6, 6.07) is 14.4. The van der Waals surface area contributed by atoms with Crippen molar-refractivity contribution < 1.29 is 0 Å². The molecule has 0 spiro atoms. The Hall–Kier alpha value is -1.84. The predicted octanol–water partition coefficient (Wildman–Crippen LogP) is 2.46. The van der Waals surface area contributed by atoms with E-state index < -0.39 is 0 Å². The van der Waals surface area contributed by atoms with E-state index in [0.29, 0.717) is 6.54 Å². The fraction of sp³-hybridized carbons (Fsp3) is 0.429. The maximum absolute atomic E-state index is 9.15. The van der Waals surface area contributed by atoms with Crippen LogP contribution < -0.4 is 0 Å². The molecule has 2 atom stereocenters. The van der Waals surface area contributed by atoms with E-state index in [2.05, 4.69) is 12.1 Å². The van der Waals surface area contributed by atoms with Crippen molar-refractivity contribution in [2.24, 2.45) is 0 Å². The number of hydrogen-bond donors (Lipinski definition) is 0. The van der Waals surface area contributed by atoms with Gasteiger partial charge in [-0.2, -0.15) is 10.5 Å². The molecule has 17 heavy (non-hydrogen) atoms. The minimum Gasteiger partial charge on any atom is -0.268 e. The Morgan fingerprint density at radius 3 is 2.18 bits per heavy atom. The van der Waals surface area contributed by atoms with Crippen LogP contribution in [0, 0.1) is 22.7 Å². The molecule has 1 fully saturated rings. The Balaban J connectivity index is 2.15. The van der Waals surface area contributed by atoms with Gasteiger partial charge in [0.1, 0.15) is 0 Å². The summed E-state index contributed by atoms with van der Waals surface area (Å²) in [6.45, 7) is 0.692. The summed E-state index contributed by atoms with van der Waals surface area (Å²) in [5.74, 6) is 0. The van der Waals surface area contributed by atoms with Gasteiger partial charge in [0.2, 0.25) is 0 Å². The lowest BCUT2D eigenvalue weighted by Crippen LogP contribution is -2.44. The Bertz CT molecular complexity index is 419. The molecule has 1 aromatic rings. The van der Waals surface area contributed by atoms with E-state index in [1.807, 2.05) is 35.2 Å². The highest BCUT2D eigenvalue weighted by atomic mass is 15.2. The van der Waals surface area contributed by atoms with Crippen LogP contribution in [0.5, 0.6) is 0 Å². The zero-order valence-corrected chi connectivity index (χ0v) is 9.71. The number of nitriles is 2. The molecule has 2 rings (SSSR count). The highest BCUT2D eigenvalue weighted by molar-refractivity contribution is 5.16. The molecule has 0 unspecified atom stereocenters. The van der Waals surface area contributed by atoms with Crippen molar-refractivity contribution >= 4 is 0 Å². The van der Waals surface area contributed by atoms with E-state index in [1.165, 1.54) is 0 Å². The zero-order chi connectivity index (χ0) is 12.1. The summed E-state index contributed by atoms with van der Waals surface area (Å²) >= 11 is 0. The van der Waals surface area contributed by atoms with Crippen LogP contribution in [0.2, 0.25) is 0 Å². The molecule has 1 aliphatic heterocycles. The van der Waals surface area contributed by atoms with Crippen LogP contribution in [0.4, 0.5) is 0 Å². The second-order valence-electron chi connectivity index (χ2n) is 4.38. The Labute approximate surface area is 102 Å². The summed E-state index contributed by atoms with van der Waals surface area (Å²) in [4.78, 5) is 2.03. The smallest absolute Gasteiger partial charge is 0.0991 e. The van der Waals surface area contributed by atoms with Crippen LogP contribution in [0.3, 0.4) is 0 Å². The van der Waals surface area contributed by atoms with Crippen molar-refractivity contribution in [3.63, 3.8) is 0 Å². The first-order valence-corrected chi connectivity index (χ1v) is 5.94. The first-order valence-electron chi connectivity index (χ1n) is 5.94. The minimum absolute atomic E-state index is 0.117. The van der Waals surface area contributed by atoms with Crippen LogP contribution in [0.25, 0.3) is 0 Å². The minimum atomic E-state index is -0.117. The molecular formula is C14H15N3. The average molecular weight is 225 g/mol. The summed E-state index contributed by atoms with van der Waals surface area (Å²) < 4.78 is 0. The molecule has 86 valence electrons. The van der Waals surface area contributed by atoms with Crippen molar-refractivity contribution in [3.05, 3.63) is 35.9 Å². The predicted molar refractivity (Wildman–Crippen MR) is 64.6 cm³/mol. The molecule has 0 aliphatic carbocycles. The van der Waals surface area contributed by atoms with Gasteiger partial charge in [0, 0.05) is 6.54 Å². The molecule has 0 saturated carbocycles. The number of hydrogen-bond acceptors (Lipinski definition) is 3. The van der Waals surface area contributed by atoms with Gasteiger partial charge in [-0.15, -0.1) is 0 Å². The molecular weight excluding hydrogens is 210 g/mol. The van der Waals surface area contributed by atoms with Gasteiger partial charge >= 0.3 is 0 Å². The molecule has 1 saturated heterocycles. The number of likely N-dealkylation sites (tertiary alicyclic amines) is 1. The molecule has 3 nitrogen and oxygen atoms in total. The third kappa shape index (κ3) is 2.64. The lowest BCUT2D eigenvalue weighted by atomic mass is 9.96. The largest absolute Gasteiger partial charge is 0.268 e. The van der Waals surface area contributed by atoms with Crippen molar-refractivity contribution in [2.75, 3.05) is 0 Å². The van der Waals surface area contributed by atoms with Crippen molar-refractivity contribution in [1.29, 1.82) is 10.5 Å². The molecule has 0 radical (unpaired) electrons. The van der Waals surface area contributed by atoms with Crippen LogP contribution in [-0.2, 0) is 6.54 Å². The maximum atomic E-state index is 9.15. The Morgan fingerprint density at radius 2 is 1.65 bits per heavy atom.